The summed E-state index contributed by atoms with van der Waals surface area (Å²) in [6.45, 7) is 11.0. The lowest BCUT2D eigenvalue weighted by molar-refractivity contribution is -0.130. The van der Waals surface area contributed by atoms with E-state index in [9.17, 15) is 4.79 Å². The zero-order chi connectivity index (χ0) is 16.1. The number of carbonyl (C=O) groups excluding carboxylic acids is 1. The number of thiazole rings is 1. The first-order valence-electron chi connectivity index (χ1n) is 7.37. The highest BCUT2D eigenvalue weighted by Gasteiger charge is 2.17. The zero-order valence-electron chi connectivity index (χ0n) is 13.4. The summed E-state index contributed by atoms with van der Waals surface area (Å²) in [5.41, 5.74) is 3.26. The van der Waals surface area contributed by atoms with Gasteiger partial charge in [-0.15, -0.1) is 17.9 Å². The van der Waals surface area contributed by atoms with E-state index in [0.29, 0.717) is 19.5 Å². The Balaban J connectivity index is 2.13. The molecule has 0 unspecified atom stereocenters. The van der Waals surface area contributed by atoms with Crippen molar-refractivity contribution in [1.82, 2.24) is 9.88 Å². The maximum Gasteiger partial charge on any atom is 0.229 e. The van der Waals surface area contributed by atoms with Crippen molar-refractivity contribution in [3.63, 3.8) is 0 Å². The number of benzene rings is 1. The SMILES string of the molecule is C=CCN(Cc1ccccc1C)C(=O)Cc1nc(C)sc1C. The molecule has 0 N–H and O–H groups in total. The van der Waals surface area contributed by atoms with Crippen molar-refractivity contribution in [2.75, 3.05) is 6.54 Å². The molecule has 4 heteroatoms. The van der Waals surface area contributed by atoms with Gasteiger partial charge in [-0.3, -0.25) is 4.79 Å². The second-order valence-electron chi connectivity index (χ2n) is 5.40. The van der Waals surface area contributed by atoms with E-state index in [1.54, 1.807) is 17.4 Å². The van der Waals surface area contributed by atoms with Gasteiger partial charge in [0.05, 0.1) is 17.1 Å². The van der Waals surface area contributed by atoms with E-state index >= 15 is 0 Å². The van der Waals surface area contributed by atoms with E-state index in [1.807, 2.05) is 30.9 Å². The summed E-state index contributed by atoms with van der Waals surface area (Å²) < 4.78 is 0. The second kappa shape index (κ2) is 7.36. The van der Waals surface area contributed by atoms with Crippen LogP contribution < -0.4 is 0 Å². The number of nitrogens with zero attached hydrogens (tertiary/aromatic N) is 2. The van der Waals surface area contributed by atoms with Gasteiger partial charge < -0.3 is 4.90 Å². The molecule has 0 aliphatic carbocycles. The van der Waals surface area contributed by atoms with Gasteiger partial charge in [-0.2, -0.15) is 0 Å². The first-order chi connectivity index (χ1) is 10.5. The van der Waals surface area contributed by atoms with Crippen LogP contribution in [0, 0.1) is 20.8 Å². The van der Waals surface area contributed by atoms with Crippen molar-refractivity contribution in [3.05, 3.63) is 63.6 Å². The maximum absolute atomic E-state index is 12.6. The van der Waals surface area contributed by atoms with Crippen LogP contribution in [0.4, 0.5) is 0 Å². The standard InChI is InChI=1S/C18H22N2OS/c1-5-10-20(12-16-9-7-6-8-13(16)2)18(21)11-17-14(3)22-15(4)19-17/h5-9H,1,10-12H2,2-4H3. The van der Waals surface area contributed by atoms with Gasteiger partial charge in [-0.1, -0.05) is 30.3 Å². The van der Waals surface area contributed by atoms with Crippen molar-refractivity contribution in [1.29, 1.82) is 0 Å². The number of aromatic nitrogens is 1. The fourth-order valence-corrected chi connectivity index (χ4v) is 3.23. The summed E-state index contributed by atoms with van der Waals surface area (Å²) in [5.74, 6) is 0.0940. The van der Waals surface area contributed by atoms with Gasteiger partial charge in [0.1, 0.15) is 0 Å². The zero-order valence-corrected chi connectivity index (χ0v) is 14.2. The molecule has 116 valence electrons. The number of rotatable bonds is 6. The van der Waals surface area contributed by atoms with Crippen LogP contribution in [0.5, 0.6) is 0 Å². The Morgan fingerprint density at radius 1 is 1.32 bits per heavy atom. The molecule has 0 bridgehead atoms. The molecule has 22 heavy (non-hydrogen) atoms. The minimum Gasteiger partial charge on any atom is -0.334 e. The van der Waals surface area contributed by atoms with Crippen molar-refractivity contribution in [3.8, 4) is 0 Å². The Kier molecular flexibility index (Phi) is 5.50. The van der Waals surface area contributed by atoms with Crippen molar-refractivity contribution < 1.29 is 4.79 Å². The van der Waals surface area contributed by atoms with E-state index in [-0.39, 0.29) is 5.91 Å². The maximum atomic E-state index is 12.6. The lowest BCUT2D eigenvalue weighted by atomic mass is 10.1. The van der Waals surface area contributed by atoms with Crippen molar-refractivity contribution in [2.45, 2.75) is 33.7 Å². The number of aryl methyl sites for hydroxylation is 3. The first-order valence-corrected chi connectivity index (χ1v) is 8.19. The largest absolute Gasteiger partial charge is 0.334 e. The Bertz CT molecular complexity index is 675. The molecule has 0 saturated heterocycles. The van der Waals surface area contributed by atoms with Crippen LogP contribution in [0.1, 0.15) is 26.7 Å². The molecule has 1 heterocycles. The normalized spacial score (nSPS) is 10.5. The molecule has 0 radical (unpaired) electrons. The van der Waals surface area contributed by atoms with E-state index < -0.39 is 0 Å². The highest BCUT2D eigenvalue weighted by atomic mass is 32.1. The number of hydrogen-bond donors (Lipinski definition) is 0. The molecule has 0 saturated carbocycles. The summed E-state index contributed by atoms with van der Waals surface area (Å²) in [6.07, 6.45) is 2.13. The van der Waals surface area contributed by atoms with Gasteiger partial charge in [0.2, 0.25) is 5.91 Å². The van der Waals surface area contributed by atoms with Crippen LogP contribution in [0.25, 0.3) is 0 Å². The van der Waals surface area contributed by atoms with Crippen LogP contribution in [-0.2, 0) is 17.8 Å². The van der Waals surface area contributed by atoms with Crippen LogP contribution >= 0.6 is 11.3 Å². The molecule has 0 atom stereocenters. The smallest absolute Gasteiger partial charge is 0.229 e. The third-order valence-corrected chi connectivity index (χ3v) is 4.57. The molecule has 2 aromatic rings. The Hall–Kier alpha value is -1.94. The van der Waals surface area contributed by atoms with Crippen molar-refractivity contribution >= 4 is 17.2 Å². The average molecular weight is 314 g/mol. The average Bonchev–Trinajstić information content (AvgIpc) is 2.78. The van der Waals surface area contributed by atoms with Gasteiger partial charge in [-0.25, -0.2) is 4.98 Å². The third kappa shape index (κ3) is 4.04. The number of carbonyl (C=O) groups is 1. The summed E-state index contributed by atoms with van der Waals surface area (Å²) in [7, 11) is 0. The van der Waals surface area contributed by atoms with Gasteiger partial charge in [0.15, 0.2) is 0 Å². The quantitative estimate of drug-likeness (QED) is 0.759. The number of hydrogen-bond acceptors (Lipinski definition) is 3. The molecule has 1 amide bonds. The predicted octanol–water partition coefficient (Wildman–Crippen LogP) is 3.83. The number of amides is 1. The Labute approximate surface area is 136 Å². The Morgan fingerprint density at radius 3 is 2.64 bits per heavy atom. The lowest BCUT2D eigenvalue weighted by Crippen LogP contribution is -2.32. The fraction of sp³-hybridized carbons (Fsp3) is 0.333. The predicted molar refractivity (Wildman–Crippen MR) is 92.1 cm³/mol. The van der Waals surface area contributed by atoms with Crippen LogP contribution in [0.2, 0.25) is 0 Å². The molecule has 0 spiro atoms. The first kappa shape index (κ1) is 16.4. The van der Waals surface area contributed by atoms with Crippen LogP contribution in [0.15, 0.2) is 36.9 Å². The van der Waals surface area contributed by atoms with Gasteiger partial charge in [-0.05, 0) is 31.9 Å². The van der Waals surface area contributed by atoms with Gasteiger partial charge in [0.25, 0.3) is 0 Å². The molecule has 0 aliphatic rings. The summed E-state index contributed by atoms with van der Waals surface area (Å²) in [6, 6.07) is 8.16. The molecular formula is C18H22N2OS. The van der Waals surface area contributed by atoms with Crippen molar-refractivity contribution in [2.24, 2.45) is 0 Å². The van der Waals surface area contributed by atoms with E-state index in [4.69, 9.17) is 0 Å². The topological polar surface area (TPSA) is 33.2 Å². The summed E-state index contributed by atoms with van der Waals surface area (Å²) in [4.78, 5) is 20.0. The van der Waals surface area contributed by atoms with E-state index in [2.05, 4.69) is 30.6 Å². The Morgan fingerprint density at radius 2 is 2.05 bits per heavy atom. The highest BCUT2D eigenvalue weighted by molar-refractivity contribution is 7.11. The van der Waals surface area contributed by atoms with E-state index in [0.717, 1.165) is 15.6 Å². The van der Waals surface area contributed by atoms with Crippen LogP contribution in [-0.4, -0.2) is 22.3 Å². The minimum atomic E-state index is 0.0940. The fourth-order valence-electron chi connectivity index (χ4n) is 2.39. The lowest BCUT2D eigenvalue weighted by Gasteiger charge is -2.22. The monoisotopic (exact) mass is 314 g/mol. The third-order valence-electron chi connectivity index (χ3n) is 3.64. The highest BCUT2D eigenvalue weighted by Crippen LogP contribution is 2.18. The molecule has 0 aliphatic heterocycles. The summed E-state index contributed by atoms with van der Waals surface area (Å²) in [5, 5.41) is 1.01. The molecular weight excluding hydrogens is 292 g/mol. The molecule has 1 aromatic carbocycles. The molecule has 2 rings (SSSR count). The van der Waals surface area contributed by atoms with Crippen LogP contribution in [0.3, 0.4) is 0 Å². The minimum absolute atomic E-state index is 0.0940. The molecule has 0 fully saturated rings. The van der Waals surface area contributed by atoms with Gasteiger partial charge >= 0.3 is 0 Å². The summed E-state index contributed by atoms with van der Waals surface area (Å²) >= 11 is 1.64. The van der Waals surface area contributed by atoms with Gasteiger partial charge in [0, 0.05) is 18.0 Å². The molecule has 3 nitrogen and oxygen atoms in total. The second-order valence-corrected chi connectivity index (χ2v) is 6.81. The molecule has 1 aromatic heterocycles. The van der Waals surface area contributed by atoms with E-state index in [1.165, 1.54) is 11.1 Å².